The van der Waals surface area contributed by atoms with E-state index in [1.54, 1.807) is 12.1 Å². The largest absolute Gasteiger partial charge is 0.481 e. The van der Waals surface area contributed by atoms with Crippen LogP contribution in [-0.4, -0.2) is 30.4 Å². The number of nitrogens with one attached hydrogen (secondary N) is 2. The molecule has 0 bridgehead atoms. The molecular formula is C21H22N4O4S. The van der Waals surface area contributed by atoms with Crippen molar-refractivity contribution >= 4 is 27.6 Å². The van der Waals surface area contributed by atoms with Crippen molar-refractivity contribution in [3.8, 4) is 5.75 Å². The summed E-state index contributed by atoms with van der Waals surface area (Å²) >= 11 is 0. The molecule has 1 aromatic heterocycles. The predicted molar refractivity (Wildman–Crippen MR) is 114 cm³/mol. The predicted octanol–water partition coefficient (Wildman–Crippen LogP) is 3.38. The van der Waals surface area contributed by atoms with Crippen LogP contribution in [0, 0.1) is 6.92 Å². The van der Waals surface area contributed by atoms with Gasteiger partial charge in [-0.05, 0) is 61.4 Å². The SMILES string of the molecule is CC[C@H](Oc1cccc(C)c1)C(=O)Nc1ccc(S(=O)(=O)Nc2ncccn2)cc1. The summed E-state index contributed by atoms with van der Waals surface area (Å²) in [4.78, 5) is 20.3. The average molecular weight is 426 g/mol. The number of carbonyl (C=O) groups excluding carboxylic acids is 1. The highest BCUT2D eigenvalue weighted by Crippen LogP contribution is 2.19. The molecule has 9 heteroatoms. The van der Waals surface area contributed by atoms with Gasteiger partial charge in [-0.25, -0.2) is 23.1 Å². The number of benzene rings is 2. The molecule has 0 aliphatic rings. The Balaban J connectivity index is 1.66. The molecule has 0 aliphatic heterocycles. The molecule has 0 radical (unpaired) electrons. The van der Waals surface area contributed by atoms with Gasteiger partial charge < -0.3 is 10.1 Å². The van der Waals surface area contributed by atoms with E-state index in [1.807, 2.05) is 32.0 Å². The summed E-state index contributed by atoms with van der Waals surface area (Å²) in [5, 5.41) is 2.75. The molecular weight excluding hydrogens is 404 g/mol. The Morgan fingerprint density at radius 1 is 1.07 bits per heavy atom. The standard InChI is InChI=1S/C21H22N4O4S/c1-3-19(29-17-7-4-6-15(2)14-17)20(26)24-16-8-10-18(11-9-16)30(27,28)25-21-22-12-5-13-23-21/h4-14,19H,3H2,1-2H3,(H,24,26)(H,22,23,25)/t19-/m0/s1. The van der Waals surface area contributed by atoms with E-state index in [1.165, 1.54) is 36.7 Å². The summed E-state index contributed by atoms with van der Waals surface area (Å²) in [7, 11) is -3.84. The van der Waals surface area contributed by atoms with Gasteiger partial charge in [-0.15, -0.1) is 0 Å². The number of rotatable bonds is 8. The van der Waals surface area contributed by atoms with Crippen LogP contribution in [0.4, 0.5) is 11.6 Å². The molecule has 3 rings (SSSR count). The Morgan fingerprint density at radius 2 is 1.77 bits per heavy atom. The summed E-state index contributed by atoms with van der Waals surface area (Å²) in [5.74, 6) is 0.284. The molecule has 1 heterocycles. The number of nitrogens with zero attached hydrogens (tertiary/aromatic N) is 2. The minimum Gasteiger partial charge on any atom is -0.481 e. The van der Waals surface area contributed by atoms with Gasteiger partial charge in [-0.1, -0.05) is 19.1 Å². The maximum Gasteiger partial charge on any atom is 0.265 e. The fraction of sp³-hybridized carbons (Fsp3) is 0.190. The second-order valence-electron chi connectivity index (χ2n) is 6.52. The zero-order valence-corrected chi connectivity index (χ0v) is 17.4. The van der Waals surface area contributed by atoms with Crippen molar-refractivity contribution in [2.75, 3.05) is 10.0 Å². The smallest absolute Gasteiger partial charge is 0.265 e. The van der Waals surface area contributed by atoms with Crippen LogP contribution >= 0.6 is 0 Å². The highest BCUT2D eigenvalue weighted by Gasteiger charge is 2.20. The maximum absolute atomic E-state index is 12.6. The molecule has 0 spiro atoms. The first kappa shape index (κ1) is 21.3. The van der Waals surface area contributed by atoms with Crippen LogP contribution in [0.2, 0.25) is 0 Å². The Kier molecular flexibility index (Phi) is 6.63. The Hall–Kier alpha value is -3.46. The van der Waals surface area contributed by atoms with E-state index in [2.05, 4.69) is 20.0 Å². The van der Waals surface area contributed by atoms with Gasteiger partial charge in [0, 0.05) is 18.1 Å². The molecule has 1 atom stereocenters. The van der Waals surface area contributed by atoms with Gasteiger partial charge in [-0.3, -0.25) is 4.79 Å². The lowest BCUT2D eigenvalue weighted by molar-refractivity contribution is -0.122. The maximum atomic E-state index is 12.6. The second-order valence-corrected chi connectivity index (χ2v) is 8.21. The summed E-state index contributed by atoms with van der Waals surface area (Å²) in [6.07, 6.45) is 2.68. The van der Waals surface area contributed by atoms with Crippen LogP contribution in [0.25, 0.3) is 0 Å². The summed E-state index contributed by atoms with van der Waals surface area (Å²) in [5.41, 5.74) is 1.50. The lowest BCUT2D eigenvalue weighted by Crippen LogP contribution is -2.32. The lowest BCUT2D eigenvalue weighted by Gasteiger charge is -2.17. The summed E-state index contributed by atoms with van der Waals surface area (Å²) in [6.45, 7) is 3.80. The van der Waals surface area contributed by atoms with Crippen molar-refractivity contribution in [2.24, 2.45) is 0 Å². The van der Waals surface area contributed by atoms with E-state index < -0.39 is 16.1 Å². The van der Waals surface area contributed by atoms with Crippen molar-refractivity contribution in [1.82, 2.24) is 9.97 Å². The molecule has 2 aromatic carbocycles. The number of amides is 1. The van der Waals surface area contributed by atoms with Gasteiger partial charge in [-0.2, -0.15) is 0 Å². The third kappa shape index (κ3) is 5.54. The average Bonchev–Trinajstić information content (AvgIpc) is 2.73. The van der Waals surface area contributed by atoms with Gasteiger partial charge in [0.25, 0.3) is 15.9 Å². The minimum absolute atomic E-state index is 0.0195. The number of hydrogen-bond acceptors (Lipinski definition) is 6. The number of ether oxygens (including phenoxy) is 1. The van der Waals surface area contributed by atoms with Crippen LogP contribution < -0.4 is 14.8 Å². The van der Waals surface area contributed by atoms with Gasteiger partial charge in [0.1, 0.15) is 5.75 Å². The minimum atomic E-state index is -3.84. The topological polar surface area (TPSA) is 110 Å². The van der Waals surface area contributed by atoms with Crippen LogP contribution in [0.5, 0.6) is 5.75 Å². The number of anilines is 2. The van der Waals surface area contributed by atoms with Crippen LogP contribution in [0.15, 0.2) is 71.9 Å². The molecule has 0 unspecified atom stereocenters. The quantitative estimate of drug-likeness (QED) is 0.571. The van der Waals surface area contributed by atoms with Gasteiger partial charge in [0.15, 0.2) is 6.10 Å². The van der Waals surface area contributed by atoms with E-state index >= 15 is 0 Å². The van der Waals surface area contributed by atoms with Crippen molar-refractivity contribution in [3.63, 3.8) is 0 Å². The highest BCUT2D eigenvalue weighted by molar-refractivity contribution is 7.92. The zero-order chi connectivity index (χ0) is 21.6. The van der Waals surface area contributed by atoms with Gasteiger partial charge >= 0.3 is 0 Å². The van der Waals surface area contributed by atoms with E-state index in [4.69, 9.17) is 4.74 Å². The molecule has 0 fully saturated rings. The fourth-order valence-corrected chi connectivity index (χ4v) is 3.60. The number of carbonyl (C=O) groups is 1. The number of hydrogen-bond donors (Lipinski definition) is 2. The molecule has 8 nitrogen and oxygen atoms in total. The van der Waals surface area contributed by atoms with Gasteiger partial charge in [0.2, 0.25) is 5.95 Å². The Bertz CT molecular complexity index is 1100. The first-order chi connectivity index (χ1) is 14.4. The van der Waals surface area contributed by atoms with Crippen molar-refractivity contribution in [2.45, 2.75) is 31.3 Å². The molecule has 0 aliphatic carbocycles. The number of aromatic nitrogens is 2. The van der Waals surface area contributed by atoms with E-state index in [0.717, 1.165) is 5.56 Å². The zero-order valence-electron chi connectivity index (χ0n) is 16.6. The molecule has 3 aromatic rings. The van der Waals surface area contributed by atoms with Crippen molar-refractivity contribution < 1.29 is 17.9 Å². The third-order valence-electron chi connectivity index (χ3n) is 4.15. The normalized spacial score (nSPS) is 12.1. The fourth-order valence-electron chi connectivity index (χ4n) is 2.65. The number of sulfonamides is 1. The molecule has 0 saturated heterocycles. The summed E-state index contributed by atoms with van der Waals surface area (Å²) in [6, 6.07) is 14.9. The van der Waals surface area contributed by atoms with Crippen LogP contribution in [-0.2, 0) is 14.8 Å². The number of aryl methyl sites for hydroxylation is 1. The molecule has 0 saturated carbocycles. The first-order valence-electron chi connectivity index (χ1n) is 9.31. The monoisotopic (exact) mass is 426 g/mol. The Labute approximate surface area is 175 Å². The first-order valence-corrected chi connectivity index (χ1v) is 10.8. The van der Waals surface area contributed by atoms with Crippen molar-refractivity contribution in [1.29, 1.82) is 0 Å². The molecule has 1 amide bonds. The lowest BCUT2D eigenvalue weighted by atomic mass is 10.2. The molecule has 156 valence electrons. The van der Waals surface area contributed by atoms with Crippen molar-refractivity contribution in [3.05, 3.63) is 72.6 Å². The highest BCUT2D eigenvalue weighted by atomic mass is 32.2. The van der Waals surface area contributed by atoms with E-state index in [9.17, 15) is 13.2 Å². The second kappa shape index (κ2) is 9.36. The molecule has 30 heavy (non-hydrogen) atoms. The third-order valence-corrected chi connectivity index (χ3v) is 5.50. The summed E-state index contributed by atoms with van der Waals surface area (Å²) < 4.78 is 32.9. The van der Waals surface area contributed by atoms with Gasteiger partial charge in [0.05, 0.1) is 4.90 Å². The van der Waals surface area contributed by atoms with Crippen LogP contribution in [0.1, 0.15) is 18.9 Å². The van der Waals surface area contributed by atoms with Crippen LogP contribution in [0.3, 0.4) is 0 Å². The molecule has 2 N–H and O–H groups in total. The van der Waals surface area contributed by atoms with E-state index in [-0.39, 0.29) is 16.8 Å². The Morgan fingerprint density at radius 3 is 2.40 bits per heavy atom. The van der Waals surface area contributed by atoms with E-state index in [0.29, 0.717) is 17.9 Å².